The topological polar surface area (TPSA) is 38.0 Å². The van der Waals surface area contributed by atoms with Crippen LogP contribution in [0.2, 0.25) is 5.02 Å². The zero-order chi connectivity index (χ0) is 14.3. The minimum absolute atomic E-state index is 0.165. The predicted molar refractivity (Wildman–Crippen MR) is 76.2 cm³/mol. The highest BCUT2D eigenvalue weighted by molar-refractivity contribution is 6.30. The number of hydrogen-bond donors (Lipinski definition) is 1. The molecular formula is C15H12ClFN2O. The van der Waals surface area contributed by atoms with Crippen LogP contribution in [0.1, 0.15) is 17.4 Å². The summed E-state index contributed by atoms with van der Waals surface area (Å²) in [7, 11) is 1.79. The van der Waals surface area contributed by atoms with Gasteiger partial charge in [0.25, 0.3) is 0 Å². The second-order valence-corrected chi connectivity index (χ2v) is 5.03. The molecule has 0 aliphatic heterocycles. The van der Waals surface area contributed by atoms with Crippen LogP contribution in [-0.4, -0.2) is 14.9 Å². The van der Waals surface area contributed by atoms with Crippen LogP contribution in [0.15, 0.2) is 42.5 Å². The van der Waals surface area contributed by atoms with E-state index in [0.29, 0.717) is 10.7 Å². The molecule has 1 unspecified atom stereocenters. The second kappa shape index (κ2) is 4.89. The van der Waals surface area contributed by atoms with Gasteiger partial charge >= 0.3 is 0 Å². The Labute approximate surface area is 120 Å². The molecule has 0 aliphatic rings. The summed E-state index contributed by atoms with van der Waals surface area (Å²) in [5, 5.41) is 15.8. The molecule has 5 heteroatoms. The SMILES string of the molecule is Cn1nc(C(O)c2ccc(Cl)cc2F)c2ccccc21. The Balaban J connectivity index is 2.15. The third kappa shape index (κ3) is 2.07. The van der Waals surface area contributed by atoms with Gasteiger partial charge in [-0.15, -0.1) is 0 Å². The van der Waals surface area contributed by atoms with Crippen LogP contribution in [0.3, 0.4) is 0 Å². The quantitative estimate of drug-likeness (QED) is 0.785. The highest BCUT2D eigenvalue weighted by atomic mass is 35.5. The first-order valence-corrected chi connectivity index (χ1v) is 6.50. The molecule has 0 amide bonds. The first-order chi connectivity index (χ1) is 9.58. The van der Waals surface area contributed by atoms with E-state index in [-0.39, 0.29) is 5.56 Å². The molecule has 1 heterocycles. The molecule has 3 aromatic rings. The van der Waals surface area contributed by atoms with Gasteiger partial charge in [0.2, 0.25) is 0 Å². The fourth-order valence-corrected chi connectivity index (χ4v) is 2.47. The molecule has 0 spiro atoms. The summed E-state index contributed by atoms with van der Waals surface area (Å²) in [6, 6.07) is 11.7. The summed E-state index contributed by atoms with van der Waals surface area (Å²) in [5.41, 5.74) is 1.48. The van der Waals surface area contributed by atoms with Crippen molar-refractivity contribution in [1.29, 1.82) is 0 Å². The number of nitrogens with zero attached hydrogens (tertiary/aromatic N) is 2. The van der Waals surface area contributed by atoms with Gasteiger partial charge in [-0.2, -0.15) is 5.10 Å². The zero-order valence-corrected chi connectivity index (χ0v) is 11.5. The number of rotatable bonds is 2. The van der Waals surface area contributed by atoms with Gasteiger partial charge in [-0.1, -0.05) is 35.9 Å². The van der Waals surface area contributed by atoms with Crippen molar-refractivity contribution in [3.63, 3.8) is 0 Å². The van der Waals surface area contributed by atoms with Crippen molar-refractivity contribution in [3.8, 4) is 0 Å². The molecule has 0 saturated carbocycles. The van der Waals surface area contributed by atoms with Gasteiger partial charge in [0.05, 0.1) is 5.52 Å². The zero-order valence-electron chi connectivity index (χ0n) is 10.7. The molecule has 0 radical (unpaired) electrons. The number of para-hydroxylation sites is 1. The average molecular weight is 291 g/mol. The molecule has 0 fully saturated rings. The molecule has 3 rings (SSSR count). The molecular weight excluding hydrogens is 279 g/mol. The molecule has 20 heavy (non-hydrogen) atoms. The number of halogens is 2. The van der Waals surface area contributed by atoms with Crippen LogP contribution in [0, 0.1) is 5.82 Å². The first kappa shape index (κ1) is 13.1. The lowest BCUT2D eigenvalue weighted by molar-refractivity contribution is 0.210. The van der Waals surface area contributed by atoms with Gasteiger partial charge in [0.1, 0.15) is 17.6 Å². The van der Waals surface area contributed by atoms with Gasteiger partial charge in [0, 0.05) is 23.0 Å². The molecule has 0 aliphatic carbocycles. The highest BCUT2D eigenvalue weighted by Gasteiger charge is 2.21. The van der Waals surface area contributed by atoms with Crippen LogP contribution in [0.25, 0.3) is 10.9 Å². The molecule has 1 aromatic heterocycles. The molecule has 0 bridgehead atoms. The molecule has 1 N–H and O–H groups in total. The summed E-state index contributed by atoms with van der Waals surface area (Å²) in [6.07, 6.45) is -1.13. The van der Waals surface area contributed by atoms with E-state index in [1.54, 1.807) is 17.8 Å². The Hall–Kier alpha value is -1.91. The number of aromatic nitrogens is 2. The fourth-order valence-electron chi connectivity index (χ4n) is 2.31. The Morgan fingerprint density at radius 1 is 1.25 bits per heavy atom. The van der Waals surface area contributed by atoms with E-state index in [2.05, 4.69) is 5.10 Å². The van der Waals surface area contributed by atoms with Gasteiger partial charge in [-0.05, 0) is 18.2 Å². The van der Waals surface area contributed by atoms with E-state index in [1.807, 2.05) is 24.3 Å². The van der Waals surface area contributed by atoms with E-state index in [1.165, 1.54) is 12.1 Å². The smallest absolute Gasteiger partial charge is 0.130 e. The van der Waals surface area contributed by atoms with E-state index < -0.39 is 11.9 Å². The minimum Gasteiger partial charge on any atom is -0.382 e. The minimum atomic E-state index is -1.13. The maximum Gasteiger partial charge on any atom is 0.130 e. The van der Waals surface area contributed by atoms with Crippen molar-refractivity contribution < 1.29 is 9.50 Å². The Morgan fingerprint density at radius 2 is 2.00 bits per heavy atom. The Morgan fingerprint density at radius 3 is 2.75 bits per heavy atom. The lowest BCUT2D eigenvalue weighted by Gasteiger charge is -2.10. The van der Waals surface area contributed by atoms with Crippen molar-refractivity contribution in [3.05, 3.63) is 64.6 Å². The van der Waals surface area contributed by atoms with Crippen molar-refractivity contribution in [2.45, 2.75) is 6.10 Å². The van der Waals surface area contributed by atoms with Gasteiger partial charge in [-0.25, -0.2) is 4.39 Å². The maximum atomic E-state index is 13.9. The number of aliphatic hydroxyl groups excluding tert-OH is 1. The van der Waals surface area contributed by atoms with Crippen molar-refractivity contribution in [1.82, 2.24) is 9.78 Å². The van der Waals surface area contributed by atoms with Crippen LogP contribution >= 0.6 is 11.6 Å². The highest BCUT2D eigenvalue weighted by Crippen LogP contribution is 2.30. The van der Waals surface area contributed by atoms with Gasteiger partial charge in [-0.3, -0.25) is 4.68 Å². The average Bonchev–Trinajstić information content (AvgIpc) is 2.76. The Kier molecular flexibility index (Phi) is 3.20. The summed E-state index contributed by atoms with van der Waals surface area (Å²) >= 11 is 5.73. The number of aliphatic hydroxyl groups is 1. The van der Waals surface area contributed by atoms with E-state index in [9.17, 15) is 9.50 Å². The Bertz CT molecular complexity index is 785. The van der Waals surface area contributed by atoms with Crippen LogP contribution in [-0.2, 0) is 7.05 Å². The standard InChI is InChI=1S/C15H12ClFN2O/c1-19-13-5-3-2-4-11(13)14(18-19)15(20)10-7-6-9(16)8-12(10)17/h2-8,15,20H,1H3. The second-order valence-electron chi connectivity index (χ2n) is 4.59. The van der Waals surface area contributed by atoms with E-state index >= 15 is 0 Å². The summed E-state index contributed by atoms with van der Waals surface area (Å²) < 4.78 is 15.6. The molecule has 2 aromatic carbocycles. The first-order valence-electron chi connectivity index (χ1n) is 6.12. The van der Waals surface area contributed by atoms with Gasteiger partial charge in [0.15, 0.2) is 0 Å². The summed E-state index contributed by atoms with van der Waals surface area (Å²) in [6.45, 7) is 0. The van der Waals surface area contributed by atoms with E-state index in [4.69, 9.17) is 11.6 Å². The summed E-state index contributed by atoms with van der Waals surface area (Å²) in [4.78, 5) is 0. The lowest BCUT2D eigenvalue weighted by Crippen LogP contribution is -2.04. The number of fused-ring (bicyclic) bond motifs is 1. The van der Waals surface area contributed by atoms with Crippen molar-refractivity contribution >= 4 is 22.5 Å². The van der Waals surface area contributed by atoms with E-state index in [0.717, 1.165) is 10.9 Å². The number of aryl methyl sites for hydroxylation is 1. The van der Waals surface area contributed by atoms with Crippen LogP contribution in [0.4, 0.5) is 4.39 Å². The number of benzene rings is 2. The fraction of sp³-hybridized carbons (Fsp3) is 0.133. The predicted octanol–water partition coefficient (Wildman–Crippen LogP) is 3.45. The van der Waals surface area contributed by atoms with Crippen molar-refractivity contribution in [2.24, 2.45) is 7.05 Å². The monoisotopic (exact) mass is 290 g/mol. The normalized spacial score (nSPS) is 12.8. The maximum absolute atomic E-state index is 13.9. The molecule has 0 saturated heterocycles. The third-order valence-electron chi connectivity index (χ3n) is 3.30. The molecule has 1 atom stereocenters. The lowest BCUT2D eigenvalue weighted by atomic mass is 10.0. The molecule has 102 valence electrons. The van der Waals surface area contributed by atoms with Gasteiger partial charge < -0.3 is 5.11 Å². The van der Waals surface area contributed by atoms with Crippen LogP contribution in [0.5, 0.6) is 0 Å². The van der Waals surface area contributed by atoms with Crippen molar-refractivity contribution in [2.75, 3.05) is 0 Å². The largest absolute Gasteiger partial charge is 0.382 e. The number of hydrogen-bond acceptors (Lipinski definition) is 2. The van der Waals surface area contributed by atoms with Crippen LogP contribution < -0.4 is 0 Å². The summed E-state index contributed by atoms with van der Waals surface area (Å²) in [5.74, 6) is -0.542. The third-order valence-corrected chi connectivity index (χ3v) is 3.54. The molecule has 3 nitrogen and oxygen atoms in total.